The zero-order valence-corrected chi connectivity index (χ0v) is 36.8. The Balaban J connectivity index is 0.951. The molecule has 0 bridgehead atoms. The predicted molar refractivity (Wildman–Crippen MR) is 277 cm³/mol. The smallest absolute Gasteiger partial charge is 0.123 e. The molecule has 2 aromatic heterocycles. The van der Waals surface area contributed by atoms with Crippen LogP contribution in [0.25, 0.3) is 67.4 Å². The van der Waals surface area contributed by atoms with Crippen LogP contribution in [0.4, 0.5) is 42.9 Å². The summed E-state index contributed by atoms with van der Waals surface area (Å²) in [6.45, 7) is 6.19. The number of rotatable bonds is 11. The molecule has 11 rings (SSSR count). The highest BCUT2D eigenvalue weighted by atomic mass is 19.1. The summed E-state index contributed by atoms with van der Waals surface area (Å²) in [6.07, 6.45) is 6.03. The molecule has 0 fully saturated rings. The van der Waals surface area contributed by atoms with Gasteiger partial charge >= 0.3 is 0 Å². The predicted octanol–water partition coefficient (Wildman–Crippen LogP) is 17.3. The number of aromatic nitrogens is 2. The highest BCUT2D eigenvalue weighted by Gasteiger charge is 2.21. The van der Waals surface area contributed by atoms with Gasteiger partial charge in [0.05, 0.1) is 22.2 Å². The number of fused-ring (bicyclic) bond motifs is 4. The second kappa shape index (κ2) is 17.3. The van der Waals surface area contributed by atoms with Gasteiger partial charge in [-0.25, -0.2) is 8.78 Å². The van der Waals surface area contributed by atoms with E-state index in [0.29, 0.717) is 0 Å². The molecule has 11 aromatic rings. The van der Waals surface area contributed by atoms with Crippen molar-refractivity contribution in [1.29, 1.82) is 0 Å². The van der Waals surface area contributed by atoms with Crippen LogP contribution in [0.5, 0.6) is 0 Å². The molecule has 67 heavy (non-hydrogen) atoms. The topological polar surface area (TPSA) is 16.3 Å². The van der Waals surface area contributed by atoms with E-state index in [2.05, 4.69) is 183 Å². The summed E-state index contributed by atoms with van der Waals surface area (Å²) in [5.41, 5.74) is 15.3. The first kappa shape index (κ1) is 41.0. The third-order valence-corrected chi connectivity index (χ3v) is 12.5. The van der Waals surface area contributed by atoms with Crippen molar-refractivity contribution in [2.75, 3.05) is 9.80 Å². The molecular weight excluding hydrogens is 827 g/mol. The molecule has 0 saturated carbocycles. The number of hydrogen-bond donors (Lipinski definition) is 0. The van der Waals surface area contributed by atoms with Crippen LogP contribution in [0.15, 0.2) is 231 Å². The van der Waals surface area contributed by atoms with Crippen molar-refractivity contribution < 1.29 is 8.78 Å². The van der Waals surface area contributed by atoms with Gasteiger partial charge in [-0.15, -0.1) is 0 Å². The second-order valence-electron chi connectivity index (χ2n) is 16.5. The van der Waals surface area contributed by atoms with Crippen LogP contribution in [-0.4, -0.2) is 9.13 Å². The van der Waals surface area contributed by atoms with Crippen LogP contribution in [-0.2, 0) is 0 Å². The SMILES string of the molecule is C=Cc1c(/C=C\C)c2cc(N(c3ccccc3)c3ccc(-c4ccc(N(c5ccccc5)c5ccc6c(c5)c5ccccc5n6-c5ccc(F)cc5)cc4)cc3)ccc2n1-c1ccc(F)cc1. The lowest BCUT2D eigenvalue weighted by Gasteiger charge is -2.26. The van der Waals surface area contributed by atoms with E-state index in [9.17, 15) is 8.78 Å². The number of halogens is 2. The third kappa shape index (κ3) is 7.44. The van der Waals surface area contributed by atoms with E-state index in [4.69, 9.17) is 0 Å². The second-order valence-corrected chi connectivity index (χ2v) is 16.5. The third-order valence-electron chi connectivity index (χ3n) is 12.5. The zero-order valence-electron chi connectivity index (χ0n) is 36.8. The van der Waals surface area contributed by atoms with Crippen LogP contribution in [0.2, 0.25) is 0 Å². The Bertz CT molecular complexity index is 3590. The van der Waals surface area contributed by atoms with E-state index < -0.39 is 0 Å². The van der Waals surface area contributed by atoms with Crippen LogP contribution >= 0.6 is 0 Å². The number of benzene rings is 9. The summed E-state index contributed by atoms with van der Waals surface area (Å²) in [5.74, 6) is -0.531. The maximum Gasteiger partial charge on any atom is 0.123 e. The number of hydrogen-bond acceptors (Lipinski definition) is 2. The Labute approximate surface area is 388 Å². The fourth-order valence-electron chi connectivity index (χ4n) is 9.50. The van der Waals surface area contributed by atoms with Crippen LogP contribution in [0.3, 0.4) is 0 Å². The first-order valence-corrected chi connectivity index (χ1v) is 22.4. The molecule has 0 aliphatic rings. The number of anilines is 6. The molecule has 0 aliphatic heterocycles. The van der Waals surface area contributed by atoms with Crippen LogP contribution in [0, 0.1) is 11.6 Å². The van der Waals surface area contributed by atoms with Gasteiger partial charge in [0.25, 0.3) is 0 Å². The molecular formula is C61H44F2N4. The average Bonchev–Trinajstić information content (AvgIpc) is 3.87. The van der Waals surface area contributed by atoms with E-state index in [1.807, 2.05) is 49.4 Å². The van der Waals surface area contributed by atoms with E-state index in [1.54, 1.807) is 12.1 Å². The van der Waals surface area contributed by atoms with Crippen molar-refractivity contribution in [1.82, 2.24) is 9.13 Å². The minimum absolute atomic E-state index is 0.257. The maximum atomic E-state index is 14.0. The van der Waals surface area contributed by atoms with Gasteiger partial charge in [-0.05, 0) is 164 Å². The molecule has 322 valence electrons. The molecule has 0 N–H and O–H groups in total. The molecule has 0 amide bonds. The lowest BCUT2D eigenvalue weighted by Crippen LogP contribution is -2.10. The van der Waals surface area contributed by atoms with E-state index >= 15 is 0 Å². The Morgan fingerprint density at radius 2 is 0.821 bits per heavy atom. The lowest BCUT2D eigenvalue weighted by molar-refractivity contribution is 0.627. The largest absolute Gasteiger partial charge is 0.310 e. The summed E-state index contributed by atoms with van der Waals surface area (Å²) >= 11 is 0. The van der Waals surface area contributed by atoms with Crippen molar-refractivity contribution in [3.05, 3.63) is 254 Å². The van der Waals surface area contributed by atoms with E-state index in [0.717, 1.165) is 101 Å². The van der Waals surface area contributed by atoms with Gasteiger partial charge in [-0.1, -0.05) is 97.6 Å². The van der Waals surface area contributed by atoms with Crippen molar-refractivity contribution in [2.45, 2.75) is 6.92 Å². The molecule has 9 aromatic carbocycles. The molecule has 4 nitrogen and oxygen atoms in total. The standard InChI is InChI=1S/C61H44F2N4/c1-3-13-54-56-40-52(36-38-60(56)66(58(54)4-2)50-32-24-44(62)25-33-50)64(46-14-7-5-8-15-46)48-28-20-42(21-29-48)43-22-30-49(31-23-43)65(47-16-9-6-10-17-47)53-37-39-61-57(41-53)55-18-11-12-19-59(55)67(61)51-34-26-45(63)27-35-51/h3-41H,2H2,1H3/b13-3-. The van der Waals surface area contributed by atoms with Gasteiger partial charge in [0.2, 0.25) is 0 Å². The van der Waals surface area contributed by atoms with Crippen LogP contribution in [0.1, 0.15) is 18.2 Å². The molecule has 0 aliphatic carbocycles. The van der Waals surface area contributed by atoms with Gasteiger partial charge < -0.3 is 18.9 Å². The number of allylic oxidation sites excluding steroid dienone is 1. The van der Waals surface area contributed by atoms with Crippen LogP contribution < -0.4 is 9.80 Å². The van der Waals surface area contributed by atoms with Crippen molar-refractivity contribution in [2.24, 2.45) is 0 Å². The quantitative estimate of drug-likeness (QED) is 0.129. The van der Waals surface area contributed by atoms with Crippen molar-refractivity contribution >= 4 is 79.0 Å². The molecule has 0 radical (unpaired) electrons. The minimum Gasteiger partial charge on any atom is -0.310 e. The monoisotopic (exact) mass is 870 g/mol. The molecule has 0 spiro atoms. The van der Waals surface area contributed by atoms with Crippen molar-refractivity contribution in [3.63, 3.8) is 0 Å². The molecule has 6 heteroatoms. The Morgan fingerprint density at radius 1 is 0.403 bits per heavy atom. The molecule has 0 atom stereocenters. The molecule has 0 unspecified atom stereocenters. The Morgan fingerprint density at radius 3 is 1.33 bits per heavy atom. The fraction of sp³-hybridized carbons (Fsp3) is 0.0164. The van der Waals surface area contributed by atoms with Gasteiger partial charge in [0.15, 0.2) is 0 Å². The van der Waals surface area contributed by atoms with Gasteiger partial charge in [-0.2, -0.15) is 0 Å². The van der Waals surface area contributed by atoms with Gasteiger partial charge in [0.1, 0.15) is 11.6 Å². The van der Waals surface area contributed by atoms with Gasteiger partial charge in [0, 0.05) is 67.2 Å². The van der Waals surface area contributed by atoms with Crippen molar-refractivity contribution in [3.8, 4) is 22.5 Å². The summed E-state index contributed by atoms with van der Waals surface area (Å²) in [7, 11) is 0. The Hall–Kier alpha value is -8.74. The normalized spacial score (nSPS) is 11.5. The highest BCUT2D eigenvalue weighted by molar-refractivity contribution is 6.10. The highest BCUT2D eigenvalue weighted by Crippen LogP contribution is 2.42. The molecule has 2 heterocycles. The summed E-state index contributed by atoms with van der Waals surface area (Å²) in [4.78, 5) is 4.57. The molecule has 0 saturated heterocycles. The summed E-state index contributed by atoms with van der Waals surface area (Å²) in [5, 5.41) is 3.31. The fourth-order valence-corrected chi connectivity index (χ4v) is 9.50. The van der Waals surface area contributed by atoms with E-state index in [1.165, 1.54) is 24.3 Å². The zero-order chi connectivity index (χ0) is 45.4. The number of nitrogens with zero attached hydrogens (tertiary/aromatic N) is 4. The lowest BCUT2D eigenvalue weighted by atomic mass is 10.0. The minimum atomic E-state index is -0.274. The van der Waals surface area contributed by atoms with E-state index in [-0.39, 0.29) is 11.6 Å². The van der Waals surface area contributed by atoms with Gasteiger partial charge in [-0.3, -0.25) is 0 Å². The maximum absolute atomic E-state index is 14.0. The first-order valence-electron chi connectivity index (χ1n) is 22.4. The average molecular weight is 871 g/mol. The number of para-hydroxylation sites is 3. The summed E-state index contributed by atoms with van der Waals surface area (Å²) in [6, 6.07) is 73.1. The summed E-state index contributed by atoms with van der Waals surface area (Å²) < 4.78 is 32.4. The first-order chi connectivity index (χ1) is 33.0. The Kier molecular flexibility index (Phi) is 10.6.